The third kappa shape index (κ3) is 1.38. The fourth-order valence-electron chi connectivity index (χ4n) is 1.97. The summed E-state index contributed by atoms with van der Waals surface area (Å²) in [6, 6.07) is 0. The fourth-order valence-corrected chi connectivity index (χ4v) is 1.97. The quantitative estimate of drug-likeness (QED) is 0.525. The van der Waals surface area contributed by atoms with Gasteiger partial charge in [0.15, 0.2) is 0 Å². The Hall–Kier alpha value is -0.560. The molecular formula is C10H14O. The van der Waals surface area contributed by atoms with Crippen LogP contribution >= 0.6 is 0 Å². The third-order valence-corrected chi connectivity index (χ3v) is 2.66. The zero-order valence-corrected chi connectivity index (χ0v) is 6.71. The molecule has 2 rings (SSSR count). The molecule has 2 aliphatic rings. The molecule has 0 amide bonds. The molecule has 0 heterocycles. The lowest BCUT2D eigenvalue weighted by molar-refractivity contribution is 0.157. The van der Waals surface area contributed by atoms with Crippen molar-refractivity contribution in [3.63, 3.8) is 0 Å². The van der Waals surface area contributed by atoms with Crippen LogP contribution in [-0.4, -0.2) is 11.2 Å². The Morgan fingerprint density at radius 3 is 2.73 bits per heavy atom. The van der Waals surface area contributed by atoms with Crippen LogP contribution in [0.5, 0.6) is 0 Å². The van der Waals surface area contributed by atoms with Crippen molar-refractivity contribution < 1.29 is 5.11 Å². The lowest BCUT2D eigenvalue weighted by Crippen LogP contribution is -2.15. The van der Waals surface area contributed by atoms with E-state index >= 15 is 0 Å². The van der Waals surface area contributed by atoms with E-state index in [0.717, 1.165) is 32.1 Å². The number of allylic oxidation sites excluding steroid dienone is 3. The second-order valence-electron chi connectivity index (χ2n) is 3.48. The molecule has 2 aliphatic carbocycles. The van der Waals surface area contributed by atoms with Crippen LogP contribution in [0.25, 0.3) is 0 Å². The van der Waals surface area contributed by atoms with Crippen LogP contribution in [0.3, 0.4) is 0 Å². The average Bonchev–Trinajstić information content (AvgIpc) is 2.04. The Balaban J connectivity index is 2.14. The summed E-state index contributed by atoms with van der Waals surface area (Å²) >= 11 is 0. The molecule has 0 saturated heterocycles. The molecule has 0 spiro atoms. The molecule has 60 valence electrons. The van der Waals surface area contributed by atoms with Crippen LogP contribution in [0.1, 0.15) is 32.1 Å². The molecule has 0 radical (unpaired) electrons. The number of hydrogen-bond donors (Lipinski definition) is 1. The summed E-state index contributed by atoms with van der Waals surface area (Å²) in [5, 5.41) is 9.39. The molecule has 0 aliphatic heterocycles. The van der Waals surface area contributed by atoms with Gasteiger partial charge in [0, 0.05) is 0 Å². The largest absolute Gasteiger partial charge is 0.393 e. The first-order chi connectivity index (χ1) is 5.36. The minimum atomic E-state index is -0.0553. The van der Waals surface area contributed by atoms with Gasteiger partial charge in [-0.2, -0.15) is 0 Å². The van der Waals surface area contributed by atoms with Crippen molar-refractivity contribution >= 4 is 0 Å². The van der Waals surface area contributed by atoms with Gasteiger partial charge < -0.3 is 5.11 Å². The van der Waals surface area contributed by atoms with Crippen molar-refractivity contribution in [3.05, 3.63) is 23.3 Å². The Morgan fingerprint density at radius 1 is 1.18 bits per heavy atom. The van der Waals surface area contributed by atoms with E-state index in [0.29, 0.717) is 0 Å². The lowest BCUT2D eigenvalue weighted by Gasteiger charge is -2.25. The van der Waals surface area contributed by atoms with Gasteiger partial charge in [0.05, 0.1) is 6.10 Å². The highest BCUT2D eigenvalue weighted by Gasteiger charge is 2.18. The summed E-state index contributed by atoms with van der Waals surface area (Å²) < 4.78 is 0. The number of rotatable bonds is 0. The summed E-state index contributed by atoms with van der Waals surface area (Å²) in [6.45, 7) is 0. The van der Waals surface area contributed by atoms with Gasteiger partial charge in [0.2, 0.25) is 0 Å². The number of aliphatic hydroxyl groups is 1. The number of aliphatic hydroxyl groups excluding tert-OH is 1. The molecule has 0 aromatic heterocycles. The van der Waals surface area contributed by atoms with E-state index in [1.807, 2.05) is 0 Å². The van der Waals surface area contributed by atoms with Gasteiger partial charge in [-0.05, 0) is 32.1 Å². The van der Waals surface area contributed by atoms with Crippen molar-refractivity contribution in [3.8, 4) is 0 Å². The van der Waals surface area contributed by atoms with Crippen molar-refractivity contribution in [2.45, 2.75) is 38.2 Å². The van der Waals surface area contributed by atoms with Gasteiger partial charge in [0.25, 0.3) is 0 Å². The molecule has 0 saturated carbocycles. The van der Waals surface area contributed by atoms with Crippen LogP contribution in [-0.2, 0) is 0 Å². The van der Waals surface area contributed by atoms with Crippen molar-refractivity contribution in [1.82, 2.24) is 0 Å². The molecular weight excluding hydrogens is 136 g/mol. The highest BCUT2D eigenvalue weighted by atomic mass is 16.3. The third-order valence-electron chi connectivity index (χ3n) is 2.66. The van der Waals surface area contributed by atoms with Gasteiger partial charge in [-0.1, -0.05) is 23.3 Å². The molecule has 1 heteroatoms. The summed E-state index contributed by atoms with van der Waals surface area (Å²) in [6.07, 6.45) is 9.68. The second-order valence-corrected chi connectivity index (χ2v) is 3.48. The van der Waals surface area contributed by atoms with Crippen LogP contribution in [0.2, 0.25) is 0 Å². The monoisotopic (exact) mass is 150 g/mol. The topological polar surface area (TPSA) is 20.2 Å². The smallest absolute Gasteiger partial charge is 0.0580 e. The summed E-state index contributed by atoms with van der Waals surface area (Å²) in [5.74, 6) is 0. The predicted molar refractivity (Wildman–Crippen MR) is 45.3 cm³/mol. The highest BCUT2D eigenvalue weighted by molar-refractivity contribution is 5.26. The van der Waals surface area contributed by atoms with E-state index in [9.17, 15) is 5.11 Å². The molecule has 0 aromatic rings. The van der Waals surface area contributed by atoms with Gasteiger partial charge >= 0.3 is 0 Å². The predicted octanol–water partition coefficient (Wildman–Crippen LogP) is 2.18. The maximum atomic E-state index is 9.39. The Labute approximate surface area is 67.4 Å². The average molecular weight is 150 g/mol. The highest BCUT2D eigenvalue weighted by Crippen LogP contribution is 2.32. The van der Waals surface area contributed by atoms with Crippen molar-refractivity contribution in [2.24, 2.45) is 0 Å². The normalized spacial score (nSPS) is 30.5. The van der Waals surface area contributed by atoms with E-state index in [1.54, 1.807) is 5.57 Å². The van der Waals surface area contributed by atoms with Gasteiger partial charge in [-0.15, -0.1) is 0 Å². The Kier molecular flexibility index (Phi) is 1.82. The molecule has 0 fully saturated rings. The van der Waals surface area contributed by atoms with Crippen LogP contribution in [0.4, 0.5) is 0 Å². The van der Waals surface area contributed by atoms with Crippen molar-refractivity contribution in [2.75, 3.05) is 0 Å². The standard InChI is InChI=1S/C10H14O/c11-10-6-5-8-3-1-2-4-9(8)7-10/h1-2,10-11H,3-7H2. The maximum absolute atomic E-state index is 9.39. The SMILES string of the molecule is OC1CCC2=C(CC=CC2)C1. The molecule has 11 heavy (non-hydrogen) atoms. The Morgan fingerprint density at radius 2 is 1.91 bits per heavy atom. The maximum Gasteiger partial charge on any atom is 0.0580 e. The molecule has 0 aromatic carbocycles. The van der Waals surface area contributed by atoms with E-state index in [4.69, 9.17) is 0 Å². The van der Waals surface area contributed by atoms with Gasteiger partial charge in [-0.3, -0.25) is 0 Å². The fraction of sp³-hybridized carbons (Fsp3) is 0.600. The first-order valence-electron chi connectivity index (χ1n) is 4.39. The van der Waals surface area contributed by atoms with Crippen LogP contribution < -0.4 is 0 Å². The zero-order chi connectivity index (χ0) is 7.68. The molecule has 1 nitrogen and oxygen atoms in total. The van der Waals surface area contributed by atoms with E-state index in [2.05, 4.69) is 12.2 Å². The minimum Gasteiger partial charge on any atom is -0.393 e. The summed E-state index contributed by atoms with van der Waals surface area (Å²) in [7, 11) is 0. The van der Waals surface area contributed by atoms with Crippen molar-refractivity contribution in [1.29, 1.82) is 0 Å². The van der Waals surface area contributed by atoms with Crippen LogP contribution in [0, 0.1) is 0 Å². The first kappa shape index (κ1) is 7.11. The van der Waals surface area contributed by atoms with Crippen LogP contribution in [0.15, 0.2) is 23.3 Å². The molecule has 1 N–H and O–H groups in total. The second kappa shape index (κ2) is 2.82. The number of hydrogen-bond acceptors (Lipinski definition) is 1. The van der Waals surface area contributed by atoms with Gasteiger partial charge in [0.1, 0.15) is 0 Å². The molecule has 1 atom stereocenters. The molecule has 1 unspecified atom stereocenters. The lowest BCUT2D eigenvalue weighted by atomic mass is 9.84. The van der Waals surface area contributed by atoms with E-state index < -0.39 is 0 Å². The van der Waals surface area contributed by atoms with Gasteiger partial charge in [-0.25, -0.2) is 0 Å². The first-order valence-corrected chi connectivity index (χ1v) is 4.39. The Bertz CT molecular complexity index is 213. The molecule has 0 bridgehead atoms. The van der Waals surface area contributed by atoms with E-state index in [1.165, 1.54) is 5.57 Å². The zero-order valence-electron chi connectivity index (χ0n) is 6.71. The summed E-state index contributed by atoms with van der Waals surface area (Å²) in [5.41, 5.74) is 3.10. The summed E-state index contributed by atoms with van der Waals surface area (Å²) in [4.78, 5) is 0. The van der Waals surface area contributed by atoms with E-state index in [-0.39, 0.29) is 6.10 Å². The minimum absolute atomic E-state index is 0.0553.